The Balaban J connectivity index is 2.40. The van der Waals surface area contributed by atoms with Crippen LogP contribution in [-0.4, -0.2) is 26.8 Å². The predicted octanol–water partition coefficient (Wildman–Crippen LogP) is 2.47. The highest BCUT2D eigenvalue weighted by Crippen LogP contribution is 2.07. The second kappa shape index (κ2) is 7.14. The van der Waals surface area contributed by atoms with Gasteiger partial charge in [0, 0.05) is 20.2 Å². The van der Waals surface area contributed by atoms with Crippen molar-refractivity contribution in [1.29, 1.82) is 0 Å². The largest absolute Gasteiger partial charge is 0.383 e. The van der Waals surface area contributed by atoms with Crippen molar-refractivity contribution in [2.75, 3.05) is 26.8 Å². The molecule has 0 unspecified atom stereocenters. The standard InChI is InChI=1S/C13H18FNO/c1-11(10-15-7-8-16-2)9-12-3-5-13(14)6-4-12/h3-6,9,15H,7-8,10H2,1-2H3. The van der Waals surface area contributed by atoms with Gasteiger partial charge in [-0.3, -0.25) is 0 Å². The molecule has 2 nitrogen and oxygen atoms in total. The van der Waals surface area contributed by atoms with Crippen LogP contribution in [0.2, 0.25) is 0 Å². The molecule has 88 valence electrons. The first-order valence-corrected chi connectivity index (χ1v) is 5.35. The molecule has 3 heteroatoms. The van der Waals surface area contributed by atoms with E-state index in [4.69, 9.17) is 4.74 Å². The van der Waals surface area contributed by atoms with Crippen LogP contribution in [0.25, 0.3) is 6.08 Å². The van der Waals surface area contributed by atoms with E-state index >= 15 is 0 Å². The third kappa shape index (κ3) is 5.05. The number of benzene rings is 1. The maximum atomic E-state index is 12.7. The molecular formula is C13H18FNO. The highest BCUT2D eigenvalue weighted by Gasteiger charge is 1.93. The molecule has 0 heterocycles. The number of hydrogen-bond acceptors (Lipinski definition) is 2. The highest BCUT2D eigenvalue weighted by atomic mass is 19.1. The molecular weight excluding hydrogens is 205 g/mol. The molecule has 0 aliphatic carbocycles. The summed E-state index contributed by atoms with van der Waals surface area (Å²) in [6.45, 7) is 4.42. The summed E-state index contributed by atoms with van der Waals surface area (Å²) in [6.07, 6.45) is 2.04. The lowest BCUT2D eigenvalue weighted by Gasteiger charge is -2.04. The molecule has 0 aliphatic rings. The molecule has 0 aromatic heterocycles. The quantitative estimate of drug-likeness (QED) is 0.748. The van der Waals surface area contributed by atoms with Crippen LogP contribution in [0.4, 0.5) is 4.39 Å². The van der Waals surface area contributed by atoms with E-state index in [0.717, 1.165) is 18.7 Å². The summed E-state index contributed by atoms with van der Waals surface area (Å²) in [6, 6.07) is 6.48. The summed E-state index contributed by atoms with van der Waals surface area (Å²) in [5.74, 6) is -0.201. The number of nitrogens with one attached hydrogen (secondary N) is 1. The van der Waals surface area contributed by atoms with E-state index in [-0.39, 0.29) is 5.82 Å². The van der Waals surface area contributed by atoms with Crippen LogP contribution in [0.3, 0.4) is 0 Å². The number of ether oxygens (including phenoxy) is 1. The van der Waals surface area contributed by atoms with Crippen molar-refractivity contribution in [1.82, 2.24) is 5.32 Å². The van der Waals surface area contributed by atoms with Crippen LogP contribution in [0.1, 0.15) is 12.5 Å². The minimum Gasteiger partial charge on any atom is -0.383 e. The second-order valence-electron chi connectivity index (χ2n) is 3.71. The first kappa shape index (κ1) is 12.9. The summed E-state index contributed by atoms with van der Waals surface area (Å²) in [5, 5.41) is 3.25. The molecule has 16 heavy (non-hydrogen) atoms. The van der Waals surface area contributed by atoms with Gasteiger partial charge in [-0.05, 0) is 24.6 Å². The van der Waals surface area contributed by atoms with E-state index in [0.29, 0.717) is 6.61 Å². The van der Waals surface area contributed by atoms with Gasteiger partial charge in [-0.25, -0.2) is 4.39 Å². The Morgan fingerprint density at radius 2 is 2.06 bits per heavy atom. The van der Waals surface area contributed by atoms with Crippen molar-refractivity contribution in [2.45, 2.75) is 6.92 Å². The fourth-order valence-electron chi connectivity index (χ4n) is 1.35. The van der Waals surface area contributed by atoms with Gasteiger partial charge >= 0.3 is 0 Å². The Labute approximate surface area is 96.1 Å². The van der Waals surface area contributed by atoms with E-state index < -0.39 is 0 Å². The van der Waals surface area contributed by atoms with Crippen LogP contribution in [0, 0.1) is 5.82 Å². The minimum absolute atomic E-state index is 0.201. The van der Waals surface area contributed by atoms with Crippen molar-refractivity contribution in [3.8, 4) is 0 Å². The topological polar surface area (TPSA) is 21.3 Å². The Bertz CT molecular complexity index is 332. The van der Waals surface area contributed by atoms with Gasteiger partial charge in [-0.15, -0.1) is 0 Å². The maximum absolute atomic E-state index is 12.7. The third-order valence-electron chi connectivity index (χ3n) is 2.17. The van der Waals surface area contributed by atoms with Crippen LogP contribution >= 0.6 is 0 Å². The molecule has 0 saturated carbocycles. The van der Waals surface area contributed by atoms with Gasteiger partial charge in [0.2, 0.25) is 0 Å². The molecule has 1 aromatic carbocycles. The van der Waals surface area contributed by atoms with E-state index in [2.05, 4.69) is 5.32 Å². The Hall–Kier alpha value is -1.19. The molecule has 0 fully saturated rings. The molecule has 0 aliphatic heterocycles. The smallest absolute Gasteiger partial charge is 0.123 e. The molecule has 0 bridgehead atoms. The monoisotopic (exact) mass is 223 g/mol. The number of hydrogen-bond donors (Lipinski definition) is 1. The summed E-state index contributed by atoms with van der Waals surface area (Å²) in [5.41, 5.74) is 2.23. The Morgan fingerprint density at radius 3 is 2.69 bits per heavy atom. The second-order valence-corrected chi connectivity index (χ2v) is 3.71. The highest BCUT2D eigenvalue weighted by molar-refractivity contribution is 5.52. The van der Waals surface area contributed by atoms with Gasteiger partial charge in [0.15, 0.2) is 0 Å². The summed E-state index contributed by atoms with van der Waals surface area (Å²) in [7, 11) is 1.68. The van der Waals surface area contributed by atoms with Crippen molar-refractivity contribution >= 4 is 6.08 Å². The van der Waals surface area contributed by atoms with Crippen molar-refractivity contribution in [2.24, 2.45) is 0 Å². The molecule has 1 rings (SSSR count). The van der Waals surface area contributed by atoms with Crippen LogP contribution in [0.5, 0.6) is 0 Å². The van der Waals surface area contributed by atoms with E-state index in [9.17, 15) is 4.39 Å². The summed E-state index contributed by atoms with van der Waals surface area (Å²) in [4.78, 5) is 0. The number of methoxy groups -OCH3 is 1. The van der Waals surface area contributed by atoms with Gasteiger partial charge in [0.1, 0.15) is 5.82 Å². The van der Waals surface area contributed by atoms with Crippen LogP contribution in [-0.2, 0) is 4.74 Å². The van der Waals surface area contributed by atoms with Gasteiger partial charge in [-0.1, -0.05) is 23.8 Å². The van der Waals surface area contributed by atoms with Gasteiger partial charge in [0.25, 0.3) is 0 Å². The van der Waals surface area contributed by atoms with E-state index in [1.807, 2.05) is 13.0 Å². The SMILES string of the molecule is COCCNCC(C)=Cc1ccc(F)cc1. The summed E-state index contributed by atoms with van der Waals surface area (Å²) >= 11 is 0. The van der Waals surface area contributed by atoms with Crippen molar-refractivity contribution < 1.29 is 9.13 Å². The number of rotatable bonds is 6. The average Bonchev–Trinajstić information content (AvgIpc) is 2.28. The van der Waals surface area contributed by atoms with Gasteiger partial charge < -0.3 is 10.1 Å². The predicted molar refractivity (Wildman–Crippen MR) is 64.8 cm³/mol. The average molecular weight is 223 g/mol. The van der Waals surface area contributed by atoms with Crippen molar-refractivity contribution in [3.05, 3.63) is 41.2 Å². The minimum atomic E-state index is -0.201. The maximum Gasteiger partial charge on any atom is 0.123 e. The lowest BCUT2D eigenvalue weighted by molar-refractivity contribution is 0.200. The Morgan fingerprint density at radius 1 is 1.38 bits per heavy atom. The fourth-order valence-corrected chi connectivity index (χ4v) is 1.35. The fraction of sp³-hybridized carbons (Fsp3) is 0.385. The first-order valence-electron chi connectivity index (χ1n) is 5.35. The molecule has 1 N–H and O–H groups in total. The molecule has 0 amide bonds. The summed E-state index contributed by atoms with van der Waals surface area (Å²) < 4.78 is 17.6. The Kier molecular flexibility index (Phi) is 5.75. The van der Waals surface area contributed by atoms with Gasteiger partial charge in [-0.2, -0.15) is 0 Å². The zero-order valence-corrected chi connectivity index (χ0v) is 9.79. The lowest BCUT2D eigenvalue weighted by Crippen LogP contribution is -2.20. The van der Waals surface area contributed by atoms with E-state index in [1.165, 1.54) is 17.7 Å². The zero-order chi connectivity index (χ0) is 11.8. The van der Waals surface area contributed by atoms with E-state index in [1.54, 1.807) is 19.2 Å². The van der Waals surface area contributed by atoms with Gasteiger partial charge in [0.05, 0.1) is 6.61 Å². The zero-order valence-electron chi connectivity index (χ0n) is 9.79. The molecule has 0 radical (unpaired) electrons. The van der Waals surface area contributed by atoms with Crippen molar-refractivity contribution in [3.63, 3.8) is 0 Å². The normalized spacial score (nSPS) is 11.8. The van der Waals surface area contributed by atoms with Crippen LogP contribution < -0.4 is 5.32 Å². The first-order chi connectivity index (χ1) is 7.72. The molecule has 0 atom stereocenters. The molecule has 0 saturated heterocycles. The van der Waals surface area contributed by atoms with Crippen LogP contribution in [0.15, 0.2) is 29.8 Å². The number of halogens is 1. The molecule has 0 spiro atoms. The third-order valence-corrected chi connectivity index (χ3v) is 2.17. The molecule has 1 aromatic rings. The lowest BCUT2D eigenvalue weighted by atomic mass is 10.1.